The zero-order chi connectivity index (χ0) is 21.7. The first-order chi connectivity index (χ1) is 14.4. The molecule has 7 nitrogen and oxygen atoms in total. The van der Waals surface area contributed by atoms with E-state index in [0.717, 1.165) is 12.8 Å². The average Bonchev–Trinajstić information content (AvgIpc) is 3.45. The van der Waals surface area contributed by atoms with Crippen LogP contribution < -0.4 is 5.32 Å². The molecule has 1 saturated carbocycles. The lowest BCUT2D eigenvalue weighted by Crippen LogP contribution is -2.32. The molecule has 1 amide bonds. The number of pyridine rings is 1. The number of aryl methyl sites for hydroxylation is 1. The second-order valence-electron chi connectivity index (χ2n) is 6.79. The van der Waals surface area contributed by atoms with E-state index in [1.165, 1.54) is 25.0 Å². The summed E-state index contributed by atoms with van der Waals surface area (Å²) in [7, 11) is 2.87. The Morgan fingerprint density at radius 3 is 2.90 bits per heavy atom. The van der Waals surface area contributed by atoms with Gasteiger partial charge in [0.25, 0.3) is 6.43 Å². The van der Waals surface area contributed by atoms with Crippen LogP contribution in [0.5, 0.6) is 0 Å². The molecule has 1 aliphatic rings. The van der Waals surface area contributed by atoms with Gasteiger partial charge >= 0.3 is 0 Å². The maximum absolute atomic E-state index is 13.0. The maximum Gasteiger partial charge on any atom is 0.282 e. The molecule has 30 heavy (non-hydrogen) atoms. The highest BCUT2D eigenvalue weighted by molar-refractivity contribution is 6.34. The zero-order valence-electron chi connectivity index (χ0n) is 16.5. The van der Waals surface area contributed by atoms with E-state index >= 15 is 0 Å². The minimum atomic E-state index is -2.76. The predicted molar refractivity (Wildman–Crippen MR) is 107 cm³/mol. The van der Waals surface area contributed by atoms with Gasteiger partial charge in [0.2, 0.25) is 5.91 Å². The molecular formula is C20H20ClF2N5O2. The second-order valence-corrected chi connectivity index (χ2v) is 7.19. The summed E-state index contributed by atoms with van der Waals surface area (Å²) >= 11 is 6.32. The molecule has 0 aromatic carbocycles. The first-order valence-corrected chi connectivity index (χ1v) is 9.60. The van der Waals surface area contributed by atoms with Crippen LogP contribution in [0, 0.1) is 17.8 Å². The molecule has 1 aliphatic carbocycles. The summed E-state index contributed by atoms with van der Waals surface area (Å²) in [5.74, 6) is 6.14. The number of nitrogens with one attached hydrogen (secondary N) is 1. The van der Waals surface area contributed by atoms with Gasteiger partial charge in [0.15, 0.2) is 0 Å². The van der Waals surface area contributed by atoms with Crippen molar-refractivity contribution in [2.24, 2.45) is 18.1 Å². The monoisotopic (exact) mass is 435 g/mol. The van der Waals surface area contributed by atoms with Crippen molar-refractivity contribution < 1.29 is 18.4 Å². The fraction of sp³-hybridized carbons (Fsp3) is 0.400. The van der Waals surface area contributed by atoms with Crippen LogP contribution >= 0.6 is 11.6 Å². The smallest absolute Gasteiger partial charge is 0.282 e. The summed E-state index contributed by atoms with van der Waals surface area (Å²) in [5.41, 5.74) is 1.06. The molecule has 0 aliphatic heterocycles. The van der Waals surface area contributed by atoms with Gasteiger partial charge in [-0.1, -0.05) is 28.6 Å². The summed E-state index contributed by atoms with van der Waals surface area (Å²) in [6, 6.07) is 1.68. The third kappa shape index (κ3) is 5.76. The van der Waals surface area contributed by atoms with Crippen molar-refractivity contribution in [2.75, 3.05) is 13.7 Å². The molecule has 0 saturated heterocycles. The van der Waals surface area contributed by atoms with Crippen molar-refractivity contribution in [3.63, 3.8) is 0 Å². The number of oxime groups is 1. The number of carbonyl (C=O) groups excluding carboxylic acids is 1. The Labute approximate surface area is 177 Å². The fourth-order valence-corrected chi connectivity index (χ4v) is 2.97. The highest BCUT2D eigenvalue weighted by Crippen LogP contribution is 2.27. The lowest BCUT2D eigenvalue weighted by molar-refractivity contribution is -0.120. The number of rotatable bonds is 7. The molecule has 0 unspecified atom stereocenters. The van der Waals surface area contributed by atoms with Crippen LogP contribution in [0.25, 0.3) is 0 Å². The van der Waals surface area contributed by atoms with E-state index < -0.39 is 18.0 Å². The van der Waals surface area contributed by atoms with E-state index in [-0.39, 0.29) is 24.2 Å². The second kappa shape index (κ2) is 9.67. The summed E-state index contributed by atoms with van der Waals surface area (Å²) in [6.07, 6.45) is 2.20. The van der Waals surface area contributed by atoms with Gasteiger partial charge < -0.3 is 10.2 Å². The highest BCUT2D eigenvalue weighted by atomic mass is 35.5. The third-order valence-corrected chi connectivity index (χ3v) is 4.55. The van der Waals surface area contributed by atoms with Gasteiger partial charge in [-0.2, -0.15) is 5.10 Å². The van der Waals surface area contributed by atoms with Gasteiger partial charge in [0.1, 0.15) is 24.2 Å². The molecule has 2 heterocycles. The molecule has 0 atom stereocenters. The average molecular weight is 436 g/mol. The first kappa shape index (κ1) is 21.7. The van der Waals surface area contributed by atoms with E-state index in [1.807, 2.05) is 0 Å². The molecule has 2 aromatic heterocycles. The number of halogens is 3. The Balaban J connectivity index is 1.67. The van der Waals surface area contributed by atoms with Crippen LogP contribution in [0.1, 0.15) is 41.8 Å². The molecule has 3 rings (SSSR count). The largest absolute Gasteiger partial charge is 0.399 e. The molecule has 10 heteroatoms. The minimum Gasteiger partial charge on any atom is -0.399 e. The molecule has 1 N–H and O–H groups in total. The molecule has 0 radical (unpaired) electrons. The molecule has 158 valence electrons. The first-order valence-electron chi connectivity index (χ1n) is 9.22. The normalized spacial score (nSPS) is 13.7. The van der Waals surface area contributed by atoms with Crippen molar-refractivity contribution in [3.8, 4) is 11.8 Å². The van der Waals surface area contributed by atoms with Gasteiger partial charge in [-0.15, -0.1) is 0 Å². The number of alkyl halides is 2. The standard InChI is InChI=1S/C20H20ClF2N5O2/c1-28-11-14(18(26-28)20(22)23)8-17(29)24-10-16(27-30-2)19-15(21)7-13(9-25-19)6-5-12-3-4-12/h7,9,11-12,20H,3-4,8,10H2,1-2H3,(H,24,29)/b27-16+. The van der Waals surface area contributed by atoms with Crippen molar-refractivity contribution in [1.82, 2.24) is 20.1 Å². The van der Waals surface area contributed by atoms with Gasteiger partial charge in [-0.3, -0.25) is 14.5 Å². The van der Waals surface area contributed by atoms with Crippen LogP contribution in [0.15, 0.2) is 23.6 Å². The summed E-state index contributed by atoms with van der Waals surface area (Å²) in [5, 5.41) is 10.5. The van der Waals surface area contributed by atoms with Gasteiger partial charge in [0, 0.05) is 36.5 Å². The summed E-state index contributed by atoms with van der Waals surface area (Å²) in [6.45, 7) is -0.0449. The Kier molecular flexibility index (Phi) is 7.00. The Morgan fingerprint density at radius 2 is 2.27 bits per heavy atom. The number of hydrogen-bond acceptors (Lipinski definition) is 5. The maximum atomic E-state index is 13.0. The quantitative estimate of drug-likeness (QED) is 0.412. The predicted octanol–water partition coefficient (Wildman–Crippen LogP) is 2.88. The zero-order valence-corrected chi connectivity index (χ0v) is 17.2. The summed E-state index contributed by atoms with van der Waals surface area (Å²) in [4.78, 5) is 21.4. The molecule has 1 fully saturated rings. The van der Waals surface area contributed by atoms with E-state index in [2.05, 4.69) is 32.4 Å². The van der Waals surface area contributed by atoms with Crippen LogP contribution in [0.2, 0.25) is 5.02 Å². The van der Waals surface area contributed by atoms with Crippen molar-refractivity contribution in [3.05, 3.63) is 46.0 Å². The Bertz CT molecular complexity index is 1020. The van der Waals surface area contributed by atoms with Crippen LogP contribution in [0.3, 0.4) is 0 Å². The highest BCUT2D eigenvalue weighted by Gasteiger charge is 2.20. The number of nitrogens with zero attached hydrogens (tertiary/aromatic N) is 4. The van der Waals surface area contributed by atoms with Crippen molar-refractivity contribution in [2.45, 2.75) is 25.7 Å². The van der Waals surface area contributed by atoms with E-state index in [9.17, 15) is 13.6 Å². The molecule has 0 bridgehead atoms. The van der Waals surface area contributed by atoms with Gasteiger partial charge in [0.05, 0.1) is 18.0 Å². The van der Waals surface area contributed by atoms with E-state index in [1.54, 1.807) is 12.3 Å². The third-order valence-electron chi connectivity index (χ3n) is 4.26. The lowest BCUT2D eigenvalue weighted by Gasteiger charge is -2.09. The Hall–Kier alpha value is -2.99. The van der Waals surface area contributed by atoms with Crippen LogP contribution in [0.4, 0.5) is 8.78 Å². The number of carbonyl (C=O) groups is 1. The SMILES string of the molecule is CO/N=C(\CNC(=O)Cc1cn(C)nc1C(F)F)c1ncc(C#CC2CC2)cc1Cl. The minimum absolute atomic E-state index is 0.0449. The number of amides is 1. The van der Waals surface area contributed by atoms with Crippen molar-refractivity contribution in [1.29, 1.82) is 0 Å². The fourth-order valence-electron chi connectivity index (χ4n) is 2.69. The summed E-state index contributed by atoms with van der Waals surface area (Å²) < 4.78 is 27.3. The van der Waals surface area contributed by atoms with E-state index in [4.69, 9.17) is 16.4 Å². The lowest BCUT2D eigenvalue weighted by atomic mass is 10.1. The van der Waals surface area contributed by atoms with Crippen LogP contribution in [-0.2, 0) is 23.1 Å². The molecule has 0 spiro atoms. The Morgan fingerprint density at radius 1 is 1.50 bits per heavy atom. The van der Waals surface area contributed by atoms with E-state index in [0.29, 0.717) is 22.2 Å². The van der Waals surface area contributed by atoms with Crippen LogP contribution in [-0.4, -0.2) is 40.0 Å². The topological polar surface area (TPSA) is 81.4 Å². The van der Waals surface area contributed by atoms with Gasteiger partial charge in [-0.25, -0.2) is 8.78 Å². The molecule has 2 aromatic rings. The number of aromatic nitrogens is 3. The van der Waals surface area contributed by atoms with Crippen molar-refractivity contribution >= 4 is 23.2 Å². The van der Waals surface area contributed by atoms with Gasteiger partial charge in [-0.05, 0) is 18.9 Å². The molecular weight excluding hydrogens is 416 g/mol. The number of hydrogen-bond donors (Lipinski definition) is 1.